The van der Waals surface area contributed by atoms with E-state index in [2.05, 4.69) is 9.97 Å². The van der Waals surface area contributed by atoms with Gasteiger partial charge in [0.15, 0.2) is 0 Å². The number of nitrogens with zero attached hydrogens (tertiary/aromatic N) is 3. The van der Waals surface area contributed by atoms with Gasteiger partial charge in [0.25, 0.3) is 5.91 Å². The van der Waals surface area contributed by atoms with Crippen LogP contribution in [0.5, 0.6) is 11.6 Å². The zero-order valence-electron chi connectivity index (χ0n) is 12.4. The zero-order valence-corrected chi connectivity index (χ0v) is 12.4. The third-order valence-electron chi connectivity index (χ3n) is 3.16. The van der Waals surface area contributed by atoms with Crippen molar-refractivity contribution in [2.75, 3.05) is 14.1 Å². The first-order chi connectivity index (χ1) is 10.6. The van der Waals surface area contributed by atoms with Gasteiger partial charge in [-0.15, -0.1) is 0 Å². The van der Waals surface area contributed by atoms with Gasteiger partial charge >= 0.3 is 0 Å². The Kier molecular flexibility index (Phi) is 3.70. The molecule has 3 rings (SSSR count). The van der Waals surface area contributed by atoms with Crippen LogP contribution in [0.2, 0.25) is 0 Å². The molecule has 0 unspecified atom stereocenters. The predicted octanol–water partition coefficient (Wildman–Crippen LogP) is 3.12. The fraction of sp³-hybridized carbons (Fsp3) is 0.118. The van der Waals surface area contributed by atoms with E-state index in [1.54, 1.807) is 44.6 Å². The van der Waals surface area contributed by atoms with Crippen molar-refractivity contribution >= 4 is 16.9 Å². The fourth-order valence-corrected chi connectivity index (χ4v) is 2.03. The van der Waals surface area contributed by atoms with Crippen molar-refractivity contribution in [2.45, 2.75) is 0 Å². The largest absolute Gasteiger partial charge is 0.437 e. The summed E-state index contributed by atoms with van der Waals surface area (Å²) in [6, 6.07) is 14.5. The highest BCUT2D eigenvalue weighted by atomic mass is 16.5. The van der Waals surface area contributed by atoms with Crippen LogP contribution in [0.4, 0.5) is 0 Å². The van der Waals surface area contributed by atoms with Crippen LogP contribution in [-0.2, 0) is 0 Å². The maximum absolute atomic E-state index is 11.8. The van der Waals surface area contributed by atoms with E-state index in [1.807, 2.05) is 24.3 Å². The number of ether oxygens (including phenoxy) is 1. The number of para-hydroxylation sites is 2. The zero-order chi connectivity index (χ0) is 15.5. The molecule has 0 aliphatic carbocycles. The topological polar surface area (TPSA) is 55.3 Å². The molecule has 1 heterocycles. The molecule has 1 amide bonds. The smallest absolute Gasteiger partial charge is 0.253 e. The van der Waals surface area contributed by atoms with Crippen molar-refractivity contribution in [2.24, 2.45) is 0 Å². The molecule has 0 saturated heterocycles. The first-order valence-electron chi connectivity index (χ1n) is 6.85. The number of aromatic nitrogens is 2. The molecule has 2 aromatic carbocycles. The molecule has 1 aromatic heterocycles. The Balaban J connectivity index is 1.81. The van der Waals surface area contributed by atoms with Crippen LogP contribution < -0.4 is 4.74 Å². The second-order valence-corrected chi connectivity index (χ2v) is 5.02. The van der Waals surface area contributed by atoms with Gasteiger partial charge in [0.05, 0.1) is 17.2 Å². The van der Waals surface area contributed by atoms with Crippen LogP contribution in [0.1, 0.15) is 10.4 Å². The van der Waals surface area contributed by atoms with Crippen LogP contribution in [0.15, 0.2) is 54.7 Å². The summed E-state index contributed by atoms with van der Waals surface area (Å²) in [5, 5.41) is 0. The van der Waals surface area contributed by atoms with E-state index in [0.29, 0.717) is 17.2 Å². The molecular formula is C17H15N3O2. The first kappa shape index (κ1) is 14.0. The van der Waals surface area contributed by atoms with E-state index >= 15 is 0 Å². The van der Waals surface area contributed by atoms with Gasteiger partial charge in [-0.2, -0.15) is 0 Å². The Morgan fingerprint density at radius 3 is 2.36 bits per heavy atom. The highest BCUT2D eigenvalue weighted by molar-refractivity contribution is 5.93. The summed E-state index contributed by atoms with van der Waals surface area (Å²) in [6.07, 6.45) is 1.58. The highest BCUT2D eigenvalue weighted by Crippen LogP contribution is 2.21. The average molecular weight is 293 g/mol. The van der Waals surface area contributed by atoms with E-state index in [1.165, 1.54) is 4.90 Å². The van der Waals surface area contributed by atoms with Gasteiger partial charge in [-0.3, -0.25) is 4.79 Å². The number of carbonyl (C=O) groups excluding carboxylic acids is 1. The number of rotatable bonds is 3. The lowest BCUT2D eigenvalue weighted by molar-refractivity contribution is 0.0827. The Morgan fingerprint density at radius 2 is 1.68 bits per heavy atom. The second-order valence-electron chi connectivity index (χ2n) is 5.02. The molecule has 0 aliphatic rings. The molecule has 5 nitrogen and oxygen atoms in total. The Morgan fingerprint density at radius 1 is 1.00 bits per heavy atom. The van der Waals surface area contributed by atoms with Crippen LogP contribution in [-0.4, -0.2) is 34.9 Å². The molecule has 22 heavy (non-hydrogen) atoms. The fourth-order valence-electron chi connectivity index (χ4n) is 2.03. The monoisotopic (exact) mass is 293 g/mol. The van der Waals surface area contributed by atoms with Gasteiger partial charge in [0.1, 0.15) is 5.75 Å². The van der Waals surface area contributed by atoms with Crippen molar-refractivity contribution < 1.29 is 9.53 Å². The van der Waals surface area contributed by atoms with E-state index < -0.39 is 0 Å². The predicted molar refractivity (Wildman–Crippen MR) is 84.1 cm³/mol. The average Bonchev–Trinajstić information content (AvgIpc) is 2.55. The molecule has 110 valence electrons. The summed E-state index contributed by atoms with van der Waals surface area (Å²) >= 11 is 0. The minimum absolute atomic E-state index is 0.0444. The third kappa shape index (κ3) is 2.88. The van der Waals surface area contributed by atoms with E-state index in [0.717, 1.165) is 11.0 Å². The number of amides is 1. The minimum atomic E-state index is -0.0444. The molecule has 0 fully saturated rings. The van der Waals surface area contributed by atoms with Crippen molar-refractivity contribution in [1.29, 1.82) is 0 Å². The molecule has 5 heteroatoms. The lowest BCUT2D eigenvalue weighted by atomic mass is 10.2. The van der Waals surface area contributed by atoms with Crippen LogP contribution >= 0.6 is 0 Å². The minimum Gasteiger partial charge on any atom is -0.437 e. The van der Waals surface area contributed by atoms with E-state index in [4.69, 9.17) is 4.74 Å². The van der Waals surface area contributed by atoms with Crippen LogP contribution in [0.25, 0.3) is 11.0 Å². The number of benzene rings is 2. The standard InChI is InChI=1S/C17H15N3O2/c1-20(2)17(21)12-7-9-13(10-8-12)22-16-11-18-14-5-3-4-6-15(14)19-16/h3-11H,1-2H3. The summed E-state index contributed by atoms with van der Waals surface area (Å²) in [7, 11) is 3.44. The molecule has 0 bridgehead atoms. The van der Waals surface area contributed by atoms with Gasteiger partial charge in [-0.05, 0) is 36.4 Å². The summed E-state index contributed by atoms with van der Waals surface area (Å²) < 4.78 is 5.68. The van der Waals surface area contributed by atoms with E-state index in [9.17, 15) is 4.79 Å². The number of hydrogen-bond acceptors (Lipinski definition) is 4. The summed E-state index contributed by atoms with van der Waals surface area (Å²) in [6.45, 7) is 0. The molecule has 0 spiro atoms. The van der Waals surface area contributed by atoms with Crippen LogP contribution in [0.3, 0.4) is 0 Å². The van der Waals surface area contributed by atoms with Crippen molar-refractivity contribution in [3.05, 3.63) is 60.3 Å². The molecule has 3 aromatic rings. The van der Waals surface area contributed by atoms with Crippen molar-refractivity contribution in [1.82, 2.24) is 14.9 Å². The summed E-state index contributed by atoms with van der Waals surface area (Å²) in [5.74, 6) is 0.988. The Labute approximate surface area is 128 Å². The van der Waals surface area contributed by atoms with Gasteiger partial charge in [-0.25, -0.2) is 9.97 Å². The molecule has 0 saturated carbocycles. The maximum Gasteiger partial charge on any atom is 0.253 e. The third-order valence-corrected chi connectivity index (χ3v) is 3.16. The van der Waals surface area contributed by atoms with Crippen molar-refractivity contribution in [3.63, 3.8) is 0 Å². The van der Waals surface area contributed by atoms with Gasteiger partial charge in [0.2, 0.25) is 5.88 Å². The van der Waals surface area contributed by atoms with E-state index in [-0.39, 0.29) is 5.91 Å². The lowest BCUT2D eigenvalue weighted by Gasteiger charge is -2.10. The first-order valence-corrected chi connectivity index (χ1v) is 6.85. The molecule has 0 radical (unpaired) electrons. The van der Waals surface area contributed by atoms with Gasteiger partial charge < -0.3 is 9.64 Å². The second kappa shape index (κ2) is 5.81. The maximum atomic E-state index is 11.8. The number of hydrogen-bond donors (Lipinski definition) is 0. The normalized spacial score (nSPS) is 10.5. The summed E-state index contributed by atoms with van der Waals surface area (Å²) in [4.78, 5) is 22.1. The molecular weight excluding hydrogens is 278 g/mol. The quantitative estimate of drug-likeness (QED) is 0.744. The summed E-state index contributed by atoms with van der Waals surface area (Å²) in [5.41, 5.74) is 2.21. The number of fused-ring (bicyclic) bond motifs is 1. The SMILES string of the molecule is CN(C)C(=O)c1ccc(Oc2cnc3ccccc3n2)cc1. The number of carbonyl (C=O) groups is 1. The lowest BCUT2D eigenvalue weighted by Crippen LogP contribution is -2.21. The molecule has 0 N–H and O–H groups in total. The Bertz CT molecular complexity index is 814. The van der Waals surface area contributed by atoms with Gasteiger partial charge in [0, 0.05) is 19.7 Å². The highest BCUT2D eigenvalue weighted by Gasteiger charge is 2.08. The van der Waals surface area contributed by atoms with Crippen molar-refractivity contribution in [3.8, 4) is 11.6 Å². The van der Waals surface area contributed by atoms with Gasteiger partial charge in [-0.1, -0.05) is 12.1 Å². The van der Waals surface area contributed by atoms with Crippen LogP contribution in [0, 0.1) is 0 Å². The molecule has 0 aliphatic heterocycles. The Hall–Kier alpha value is -2.95. The molecule has 0 atom stereocenters.